The van der Waals surface area contributed by atoms with Crippen LogP contribution in [0.2, 0.25) is 0 Å². The molecule has 0 aliphatic heterocycles. The molecule has 0 unspecified atom stereocenters. The Labute approximate surface area is 118 Å². The first kappa shape index (κ1) is 17.3. The average Bonchev–Trinajstić information content (AvgIpc) is 2.40. The normalized spacial score (nSPS) is 11.0. The molecule has 0 atom stereocenters. The van der Waals surface area contributed by atoms with Crippen LogP contribution >= 0.6 is 0 Å². The minimum atomic E-state index is 0.426. The van der Waals surface area contributed by atoms with Gasteiger partial charge in [0.25, 0.3) is 0 Å². The van der Waals surface area contributed by atoms with Crippen molar-refractivity contribution in [1.29, 1.82) is 0 Å². The van der Waals surface area contributed by atoms with Crippen molar-refractivity contribution < 1.29 is 0 Å². The summed E-state index contributed by atoms with van der Waals surface area (Å²) in [6.45, 7) is 17.8. The van der Waals surface area contributed by atoms with Crippen molar-refractivity contribution in [3.63, 3.8) is 0 Å². The molecule has 0 N–H and O–H groups in total. The second-order valence-electron chi connectivity index (χ2n) is 5.01. The van der Waals surface area contributed by atoms with Gasteiger partial charge in [0.1, 0.15) is 0 Å². The Balaban J connectivity index is 0.000000342. The fourth-order valence-corrected chi connectivity index (χ4v) is 1.12. The zero-order valence-corrected chi connectivity index (χ0v) is 12.9. The van der Waals surface area contributed by atoms with Crippen LogP contribution in [0.15, 0.2) is 54.3 Å². The molecule has 1 aromatic heterocycles. The van der Waals surface area contributed by atoms with Gasteiger partial charge in [-0.25, -0.2) is 0 Å². The average molecular weight is 258 g/mol. The van der Waals surface area contributed by atoms with Gasteiger partial charge in [0.2, 0.25) is 0 Å². The van der Waals surface area contributed by atoms with Gasteiger partial charge in [0.15, 0.2) is 0 Å². The van der Waals surface area contributed by atoms with Crippen molar-refractivity contribution in [2.75, 3.05) is 0 Å². The molecular weight excluding hydrogens is 232 g/mol. The zero-order chi connectivity index (χ0) is 14.8. The number of aromatic nitrogens is 1. The molecule has 0 fully saturated rings. The van der Waals surface area contributed by atoms with Crippen molar-refractivity contribution in [1.82, 2.24) is 4.98 Å². The second-order valence-corrected chi connectivity index (χ2v) is 5.01. The van der Waals surface area contributed by atoms with Crippen molar-refractivity contribution in [2.45, 2.75) is 40.5 Å². The van der Waals surface area contributed by atoms with E-state index in [0.717, 1.165) is 17.1 Å². The summed E-state index contributed by atoms with van der Waals surface area (Å²) in [5.74, 6) is 0.973. The van der Waals surface area contributed by atoms with E-state index < -0.39 is 0 Å². The molecule has 0 saturated carbocycles. The van der Waals surface area contributed by atoms with Gasteiger partial charge in [-0.2, -0.15) is 0 Å². The van der Waals surface area contributed by atoms with Gasteiger partial charge in [-0.05, 0) is 37.0 Å². The number of hydrogen-bond donors (Lipinski definition) is 0. The number of aliphatic imine (C=N–C) groups is 1. The first-order valence-electron chi connectivity index (χ1n) is 6.65. The van der Waals surface area contributed by atoms with Crippen LogP contribution in [0.1, 0.15) is 46.2 Å². The van der Waals surface area contributed by atoms with Crippen LogP contribution in [-0.2, 0) is 0 Å². The van der Waals surface area contributed by atoms with Crippen molar-refractivity contribution in [3.8, 4) is 0 Å². The van der Waals surface area contributed by atoms with Crippen molar-refractivity contribution >= 4 is 5.71 Å². The van der Waals surface area contributed by atoms with Gasteiger partial charge in [0.05, 0.1) is 0 Å². The maximum atomic E-state index is 4.20. The van der Waals surface area contributed by atoms with Crippen LogP contribution in [0.3, 0.4) is 0 Å². The van der Waals surface area contributed by atoms with Gasteiger partial charge in [-0.1, -0.05) is 46.9 Å². The Morgan fingerprint density at radius 2 is 1.89 bits per heavy atom. The summed E-state index contributed by atoms with van der Waals surface area (Å²) in [6, 6.07) is 6.00. The standard InChI is InChI=1S/C9H15N.C8H11N/c1-6-8(4)10-9(5)7(2)3;1-7(2)8-5-3-4-6-9-8/h6-7H,1,5H2,2-4H3;3-7H,1-2H3. The second kappa shape index (κ2) is 9.26. The third-order valence-electron chi connectivity index (χ3n) is 2.56. The summed E-state index contributed by atoms with van der Waals surface area (Å²) in [5.41, 5.74) is 3.01. The monoisotopic (exact) mass is 258 g/mol. The lowest BCUT2D eigenvalue weighted by atomic mass is 10.1. The van der Waals surface area contributed by atoms with Crippen LogP contribution < -0.4 is 0 Å². The fourth-order valence-electron chi connectivity index (χ4n) is 1.12. The molecule has 1 heterocycles. The minimum absolute atomic E-state index is 0.426. The molecule has 1 aromatic rings. The van der Waals surface area contributed by atoms with E-state index in [1.807, 2.05) is 31.3 Å². The molecule has 19 heavy (non-hydrogen) atoms. The highest BCUT2D eigenvalue weighted by Gasteiger charge is 1.96. The maximum absolute atomic E-state index is 4.20. The molecule has 1 rings (SSSR count). The van der Waals surface area contributed by atoms with Crippen molar-refractivity contribution in [3.05, 3.63) is 55.0 Å². The molecular formula is C17H26N2. The first-order valence-corrected chi connectivity index (χ1v) is 6.65. The molecule has 104 valence electrons. The van der Waals surface area contributed by atoms with E-state index in [1.165, 1.54) is 0 Å². The van der Waals surface area contributed by atoms with Crippen LogP contribution in [0.5, 0.6) is 0 Å². The van der Waals surface area contributed by atoms with E-state index in [0.29, 0.717) is 11.8 Å². The Morgan fingerprint density at radius 1 is 1.26 bits per heavy atom. The maximum Gasteiger partial charge on any atom is 0.0428 e. The molecule has 0 aliphatic carbocycles. The van der Waals surface area contributed by atoms with E-state index in [-0.39, 0.29) is 0 Å². The summed E-state index contributed by atoms with van der Waals surface area (Å²) in [5, 5.41) is 0. The third-order valence-corrected chi connectivity index (χ3v) is 2.56. The molecule has 0 radical (unpaired) electrons. The predicted octanol–water partition coefficient (Wildman–Crippen LogP) is 5.01. The van der Waals surface area contributed by atoms with Gasteiger partial charge in [-0.15, -0.1) is 0 Å². The number of rotatable bonds is 4. The highest BCUT2D eigenvalue weighted by molar-refractivity contribution is 5.92. The van der Waals surface area contributed by atoms with E-state index in [4.69, 9.17) is 0 Å². The lowest BCUT2D eigenvalue weighted by Gasteiger charge is -2.02. The highest BCUT2D eigenvalue weighted by atomic mass is 14.7. The topological polar surface area (TPSA) is 25.2 Å². The molecule has 2 heteroatoms. The Morgan fingerprint density at radius 3 is 2.21 bits per heavy atom. The first-order chi connectivity index (χ1) is 8.88. The summed E-state index contributed by atoms with van der Waals surface area (Å²) < 4.78 is 0. The lowest BCUT2D eigenvalue weighted by molar-refractivity contribution is 0.762. The van der Waals surface area contributed by atoms with Gasteiger partial charge < -0.3 is 0 Å². The summed E-state index contributed by atoms with van der Waals surface area (Å²) in [7, 11) is 0. The third kappa shape index (κ3) is 8.09. The molecule has 0 spiro atoms. The summed E-state index contributed by atoms with van der Waals surface area (Å²) >= 11 is 0. The Bertz CT molecular complexity index is 414. The molecule has 0 saturated heterocycles. The van der Waals surface area contributed by atoms with E-state index in [1.54, 1.807) is 6.08 Å². The van der Waals surface area contributed by atoms with E-state index in [9.17, 15) is 0 Å². The quantitative estimate of drug-likeness (QED) is 0.697. The molecule has 0 bridgehead atoms. The molecule has 0 aliphatic rings. The van der Waals surface area contributed by atoms with Crippen LogP contribution in [0.4, 0.5) is 0 Å². The van der Waals surface area contributed by atoms with Gasteiger partial charge in [0, 0.05) is 23.3 Å². The summed E-state index contributed by atoms with van der Waals surface area (Å²) in [4.78, 5) is 8.38. The van der Waals surface area contributed by atoms with Crippen LogP contribution in [0.25, 0.3) is 0 Å². The van der Waals surface area contributed by atoms with Crippen molar-refractivity contribution in [2.24, 2.45) is 10.9 Å². The Kier molecular flexibility index (Phi) is 8.43. The largest absolute Gasteiger partial charge is 0.261 e. The predicted molar refractivity (Wildman–Crippen MR) is 85.6 cm³/mol. The number of allylic oxidation sites excluding steroid dienone is 2. The molecule has 2 nitrogen and oxygen atoms in total. The van der Waals surface area contributed by atoms with Gasteiger partial charge in [-0.3, -0.25) is 9.98 Å². The van der Waals surface area contributed by atoms with Crippen LogP contribution in [-0.4, -0.2) is 10.7 Å². The smallest absolute Gasteiger partial charge is 0.0428 e. The fraction of sp³-hybridized carbons (Fsp3) is 0.412. The van der Waals surface area contributed by atoms with Gasteiger partial charge >= 0.3 is 0 Å². The lowest BCUT2D eigenvalue weighted by Crippen LogP contribution is -1.92. The molecule has 0 amide bonds. The Hall–Kier alpha value is -1.70. The number of pyridine rings is 1. The van der Waals surface area contributed by atoms with E-state index >= 15 is 0 Å². The summed E-state index contributed by atoms with van der Waals surface area (Å²) in [6.07, 6.45) is 3.56. The molecule has 0 aromatic carbocycles. The van der Waals surface area contributed by atoms with E-state index in [2.05, 4.69) is 50.8 Å². The van der Waals surface area contributed by atoms with Crippen LogP contribution in [0, 0.1) is 5.92 Å². The zero-order valence-electron chi connectivity index (χ0n) is 12.9. The number of hydrogen-bond acceptors (Lipinski definition) is 2. The highest BCUT2D eigenvalue weighted by Crippen LogP contribution is 2.08. The minimum Gasteiger partial charge on any atom is -0.261 e. The number of nitrogens with zero attached hydrogens (tertiary/aromatic N) is 2. The SMILES string of the molecule is C=CC(C)=NC(=C)C(C)C.CC(C)c1ccccn1.